The summed E-state index contributed by atoms with van der Waals surface area (Å²) in [5.41, 5.74) is 8.05. The number of hydrogen-bond acceptors (Lipinski definition) is 3. The zero-order valence-corrected chi connectivity index (χ0v) is 6.40. The highest BCUT2D eigenvalue weighted by Gasteiger charge is 2.02. The number of rotatable bonds is 1. The Kier molecular flexibility index (Phi) is 1.55. The molecule has 2 aromatic heterocycles. The highest BCUT2D eigenvalue weighted by Crippen LogP contribution is 2.22. The van der Waals surface area contributed by atoms with Crippen LogP contribution >= 0.6 is 0 Å². The second-order valence-electron chi connectivity index (χ2n) is 2.45. The van der Waals surface area contributed by atoms with Crippen LogP contribution < -0.4 is 5.73 Å². The van der Waals surface area contributed by atoms with Crippen molar-refractivity contribution in [1.82, 2.24) is 4.98 Å². The van der Waals surface area contributed by atoms with Gasteiger partial charge in [0.1, 0.15) is 0 Å². The fourth-order valence-corrected chi connectivity index (χ4v) is 1.06. The minimum atomic E-state index is 0.666. The number of pyridine rings is 1. The molecule has 60 valence electrons. The van der Waals surface area contributed by atoms with E-state index in [9.17, 15) is 0 Å². The van der Waals surface area contributed by atoms with Gasteiger partial charge in [-0.3, -0.25) is 4.98 Å². The van der Waals surface area contributed by atoms with Crippen LogP contribution in [0, 0.1) is 0 Å². The lowest BCUT2D eigenvalue weighted by Gasteiger charge is -1.98. The summed E-state index contributed by atoms with van der Waals surface area (Å²) in [5.74, 6) is 0. The molecular weight excluding hydrogens is 152 g/mol. The fourth-order valence-electron chi connectivity index (χ4n) is 1.06. The Morgan fingerprint density at radius 1 is 1.33 bits per heavy atom. The first-order chi connectivity index (χ1) is 5.88. The second-order valence-corrected chi connectivity index (χ2v) is 2.45. The molecule has 0 saturated carbocycles. The quantitative estimate of drug-likeness (QED) is 0.693. The fraction of sp³-hybridized carbons (Fsp3) is 0. The van der Waals surface area contributed by atoms with E-state index in [4.69, 9.17) is 10.2 Å². The van der Waals surface area contributed by atoms with E-state index in [1.165, 1.54) is 0 Å². The van der Waals surface area contributed by atoms with E-state index in [-0.39, 0.29) is 0 Å². The smallest absolute Gasteiger partial charge is 0.0997 e. The molecule has 0 amide bonds. The van der Waals surface area contributed by atoms with Crippen molar-refractivity contribution in [3.63, 3.8) is 0 Å². The number of nitrogens with zero attached hydrogens (tertiary/aromatic N) is 1. The van der Waals surface area contributed by atoms with Gasteiger partial charge in [-0.15, -0.1) is 0 Å². The summed E-state index contributed by atoms with van der Waals surface area (Å²) < 4.78 is 4.93. The van der Waals surface area contributed by atoms with Gasteiger partial charge in [0.05, 0.1) is 23.9 Å². The molecule has 0 bridgehead atoms. The van der Waals surface area contributed by atoms with E-state index in [2.05, 4.69) is 4.98 Å². The Hall–Kier alpha value is -1.77. The minimum Gasteiger partial charge on any atom is -0.472 e. The Balaban J connectivity index is 2.55. The molecule has 0 aliphatic carbocycles. The number of nitrogen functional groups attached to an aromatic ring is 1. The lowest BCUT2D eigenvalue weighted by atomic mass is 10.2. The zero-order chi connectivity index (χ0) is 8.39. The van der Waals surface area contributed by atoms with Crippen LogP contribution in [0.3, 0.4) is 0 Å². The van der Waals surface area contributed by atoms with Crippen molar-refractivity contribution in [1.29, 1.82) is 0 Å². The van der Waals surface area contributed by atoms with Crippen molar-refractivity contribution in [3.8, 4) is 11.3 Å². The molecule has 3 nitrogen and oxygen atoms in total. The largest absolute Gasteiger partial charge is 0.472 e. The van der Waals surface area contributed by atoms with Gasteiger partial charge in [0.2, 0.25) is 0 Å². The standard InChI is InChI=1S/C9H8N2O/c10-8-2-1-4-11-9(8)7-3-5-12-6-7/h1-6H,10H2. The summed E-state index contributed by atoms with van der Waals surface area (Å²) in [6.07, 6.45) is 4.93. The van der Waals surface area contributed by atoms with Gasteiger partial charge in [-0.05, 0) is 18.2 Å². The van der Waals surface area contributed by atoms with Crippen LogP contribution in [0.15, 0.2) is 41.3 Å². The van der Waals surface area contributed by atoms with Gasteiger partial charge < -0.3 is 10.2 Å². The number of aromatic nitrogens is 1. The number of nitrogens with two attached hydrogens (primary N) is 1. The molecule has 3 heteroatoms. The van der Waals surface area contributed by atoms with E-state index in [1.54, 1.807) is 24.8 Å². The normalized spacial score (nSPS) is 10.0. The first-order valence-corrected chi connectivity index (χ1v) is 3.61. The number of hydrogen-bond donors (Lipinski definition) is 1. The highest BCUT2D eigenvalue weighted by molar-refractivity contribution is 5.71. The molecule has 2 rings (SSSR count). The summed E-state index contributed by atoms with van der Waals surface area (Å²) in [6, 6.07) is 5.45. The van der Waals surface area contributed by atoms with E-state index in [0.717, 1.165) is 11.3 Å². The number of furan rings is 1. The second kappa shape index (κ2) is 2.70. The molecule has 0 aliphatic heterocycles. The topological polar surface area (TPSA) is 52.0 Å². The maximum atomic E-state index is 5.71. The molecule has 0 unspecified atom stereocenters. The highest BCUT2D eigenvalue weighted by atomic mass is 16.3. The van der Waals surface area contributed by atoms with Crippen molar-refractivity contribution in [3.05, 3.63) is 36.9 Å². The molecule has 0 aromatic carbocycles. The molecule has 0 atom stereocenters. The summed E-state index contributed by atoms with van der Waals surface area (Å²) in [4.78, 5) is 4.14. The lowest BCUT2D eigenvalue weighted by Crippen LogP contribution is -1.90. The molecule has 0 fully saturated rings. The molecule has 2 N–H and O–H groups in total. The first-order valence-electron chi connectivity index (χ1n) is 3.61. The summed E-state index contributed by atoms with van der Waals surface area (Å²) in [7, 11) is 0. The van der Waals surface area contributed by atoms with Crippen LogP contribution in [0.5, 0.6) is 0 Å². The van der Waals surface area contributed by atoms with E-state index < -0.39 is 0 Å². The van der Waals surface area contributed by atoms with Gasteiger partial charge >= 0.3 is 0 Å². The van der Waals surface area contributed by atoms with Crippen molar-refractivity contribution >= 4 is 5.69 Å². The Bertz CT molecular complexity index is 368. The van der Waals surface area contributed by atoms with Gasteiger partial charge in [0.25, 0.3) is 0 Å². The summed E-state index contributed by atoms with van der Waals surface area (Å²) in [6.45, 7) is 0. The minimum absolute atomic E-state index is 0.666. The first kappa shape index (κ1) is 6.91. The molecule has 2 heterocycles. The molecular formula is C9H8N2O. The van der Waals surface area contributed by atoms with Crippen molar-refractivity contribution in [2.45, 2.75) is 0 Å². The van der Waals surface area contributed by atoms with Gasteiger partial charge in [0, 0.05) is 11.8 Å². The lowest BCUT2D eigenvalue weighted by molar-refractivity contribution is 0.568. The van der Waals surface area contributed by atoms with E-state index in [1.807, 2.05) is 12.1 Å². The number of anilines is 1. The van der Waals surface area contributed by atoms with E-state index >= 15 is 0 Å². The summed E-state index contributed by atoms with van der Waals surface area (Å²) in [5, 5.41) is 0. The Labute approximate surface area is 69.8 Å². The van der Waals surface area contributed by atoms with Gasteiger partial charge in [-0.25, -0.2) is 0 Å². The van der Waals surface area contributed by atoms with Crippen molar-refractivity contribution in [2.24, 2.45) is 0 Å². The summed E-state index contributed by atoms with van der Waals surface area (Å²) >= 11 is 0. The van der Waals surface area contributed by atoms with Crippen LogP contribution in [0.2, 0.25) is 0 Å². The molecule has 0 spiro atoms. The van der Waals surface area contributed by atoms with Gasteiger partial charge in [0.15, 0.2) is 0 Å². The van der Waals surface area contributed by atoms with Crippen molar-refractivity contribution < 1.29 is 4.42 Å². The SMILES string of the molecule is Nc1cccnc1-c1ccoc1. The molecule has 12 heavy (non-hydrogen) atoms. The maximum Gasteiger partial charge on any atom is 0.0997 e. The Morgan fingerprint density at radius 2 is 2.25 bits per heavy atom. The average Bonchev–Trinajstić information content (AvgIpc) is 2.57. The Morgan fingerprint density at radius 3 is 2.92 bits per heavy atom. The average molecular weight is 160 g/mol. The van der Waals surface area contributed by atoms with Crippen molar-refractivity contribution in [2.75, 3.05) is 5.73 Å². The molecule has 0 saturated heterocycles. The third-order valence-electron chi connectivity index (χ3n) is 1.63. The monoisotopic (exact) mass is 160 g/mol. The van der Waals surface area contributed by atoms with Crippen LogP contribution in [0.1, 0.15) is 0 Å². The van der Waals surface area contributed by atoms with Gasteiger partial charge in [-0.2, -0.15) is 0 Å². The maximum absolute atomic E-state index is 5.71. The van der Waals surface area contributed by atoms with Gasteiger partial charge in [-0.1, -0.05) is 0 Å². The van der Waals surface area contributed by atoms with Crippen LogP contribution in [0.4, 0.5) is 5.69 Å². The van der Waals surface area contributed by atoms with Crippen LogP contribution in [-0.2, 0) is 0 Å². The predicted octanol–water partition coefficient (Wildman–Crippen LogP) is 1.92. The van der Waals surface area contributed by atoms with Crippen LogP contribution in [-0.4, -0.2) is 4.98 Å². The zero-order valence-electron chi connectivity index (χ0n) is 6.40. The molecule has 2 aromatic rings. The third-order valence-corrected chi connectivity index (χ3v) is 1.63. The third kappa shape index (κ3) is 1.05. The van der Waals surface area contributed by atoms with E-state index in [0.29, 0.717) is 5.69 Å². The molecule has 0 aliphatic rings. The molecule has 0 radical (unpaired) electrons. The van der Waals surface area contributed by atoms with Crippen LogP contribution in [0.25, 0.3) is 11.3 Å². The predicted molar refractivity (Wildman–Crippen MR) is 46.4 cm³/mol.